The third-order valence-electron chi connectivity index (χ3n) is 2.15. The van der Waals surface area contributed by atoms with Gasteiger partial charge < -0.3 is 4.74 Å². The highest BCUT2D eigenvalue weighted by Crippen LogP contribution is 2.41. The summed E-state index contributed by atoms with van der Waals surface area (Å²) in [4.78, 5) is 22.6. The molecule has 1 aliphatic rings. The molecular formula is C9H3Cl3O3. The third-order valence-corrected chi connectivity index (χ3v) is 3.57. The lowest BCUT2D eigenvalue weighted by atomic mass is 10.0. The molecule has 6 heteroatoms. The molecule has 0 fully saturated rings. The van der Waals surface area contributed by atoms with E-state index in [1.54, 1.807) is 6.92 Å². The largest absolute Gasteiger partial charge is 0.386 e. The van der Waals surface area contributed by atoms with Crippen LogP contribution >= 0.6 is 34.8 Å². The van der Waals surface area contributed by atoms with Gasteiger partial charge in [-0.1, -0.05) is 34.8 Å². The van der Waals surface area contributed by atoms with Crippen LogP contribution in [0.1, 0.15) is 26.3 Å². The van der Waals surface area contributed by atoms with E-state index in [1.165, 1.54) is 0 Å². The standard InChI is InChI=1S/C9H3Cl3O3/c1-2-3-4(9(14)15-8(3)13)6(11)7(12)5(2)10/h1H3. The Morgan fingerprint density at radius 1 is 0.867 bits per heavy atom. The number of hydrogen-bond donors (Lipinski definition) is 0. The maximum Gasteiger partial charge on any atom is 0.348 e. The molecule has 0 radical (unpaired) electrons. The number of halogens is 3. The van der Waals surface area contributed by atoms with Crippen LogP contribution in [0.4, 0.5) is 0 Å². The number of fused-ring (bicyclic) bond motifs is 1. The quantitative estimate of drug-likeness (QED) is 0.411. The summed E-state index contributed by atoms with van der Waals surface area (Å²) in [5.41, 5.74) is 0.491. The molecule has 1 aromatic rings. The number of ether oxygens (including phenoxy) is 1. The van der Waals surface area contributed by atoms with Crippen LogP contribution in [0.5, 0.6) is 0 Å². The minimum absolute atomic E-state index is 0.00596. The zero-order valence-corrected chi connectivity index (χ0v) is 9.63. The van der Waals surface area contributed by atoms with Gasteiger partial charge in [-0.25, -0.2) is 9.59 Å². The van der Waals surface area contributed by atoms with Crippen LogP contribution < -0.4 is 0 Å². The predicted octanol–water partition coefficient (Wildman–Crippen LogP) is 3.27. The molecule has 1 aromatic carbocycles. The van der Waals surface area contributed by atoms with Crippen molar-refractivity contribution in [2.75, 3.05) is 0 Å². The molecule has 0 spiro atoms. The van der Waals surface area contributed by atoms with Crippen molar-refractivity contribution in [1.82, 2.24) is 0 Å². The molecule has 3 nitrogen and oxygen atoms in total. The fourth-order valence-electron chi connectivity index (χ4n) is 1.41. The van der Waals surface area contributed by atoms with Crippen LogP contribution in [0.3, 0.4) is 0 Å². The van der Waals surface area contributed by atoms with E-state index in [1.807, 2.05) is 0 Å². The normalized spacial score (nSPS) is 14.1. The number of hydrogen-bond acceptors (Lipinski definition) is 3. The Morgan fingerprint density at radius 3 is 2.00 bits per heavy atom. The van der Waals surface area contributed by atoms with Crippen LogP contribution in [0.2, 0.25) is 15.1 Å². The van der Waals surface area contributed by atoms with E-state index in [4.69, 9.17) is 34.8 Å². The minimum atomic E-state index is -0.790. The van der Waals surface area contributed by atoms with Gasteiger partial charge in [0.15, 0.2) is 0 Å². The summed E-state index contributed by atoms with van der Waals surface area (Å²) in [7, 11) is 0. The lowest BCUT2D eigenvalue weighted by Gasteiger charge is -2.06. The number of rotatable bonds is 0. The first-order chi connectivity index (χ1) is 6.95. The van der Waals surface area contributed by atoms with E-state index in [9.17, 15) is 9.59 Å². The highest BCUT2D eigenvalue weighted by Gasteiger charge is 2.36. The Bertz CT molecular complexity index is 463. The van der Waals surface area contributed by atoms with E-state index in [2.05, 4.69) is 4.74 Å². The van der Waals surface area contributed by atoms with Crippen LogP contribution in [0.25, 0.3) is 0 Å². The van der Waals surface area contributed by atoms with Gasteiger partial charge in [-0.15, -0.1) is 0 Å². The van der Waals surface area contributed by atoms with Crippen molar-refractivity contribution in [3.05, 3.63) is 31.8 Å². The van der Waals surface area contributed by atoms with Crippen LogP contribution in [-0.2, 0) is 4.74 Å². The van der Waals surface area contributed by atoms with Crippen molar-refractivity contribution < 1.29 is 14.3 Å². The molecule has 0 amide bonds. The highest BCUT2D eigenvalue weighted by atomic mass is 35.5. The topological polar surface area (TPSA) is 43.4 Å². The molecule has 0 aromatic heterocycles. The number of carbonyl (C=O) groups is 2. The van der Waals surface area contributed by atoms with Crippen molar-refractivity contribution >= 4 is 46.7 Å². The summed E-state index contributed by atoms with van der Waals surface area (Å²) in [6, 6.07) is 0. The van der Waals surface area contributed by atoms with Crippen molar-refractivity contribution in [3.8, 4) is 0 Å². The summed E-state index contributed by atoms with van der Waals surface area (Å²) in [6.45, 7) is 1.57. The van der Waals surface area contributed by atoms with Gasteiger partial charge in [-0.2, -0.15) is 0 Å². The molecule has 0 saturated heterocycles. The molecule has 1 heterocycles. The van der Waals surface area contributed by atoms with Gasteiger partial charge in [-0.05, 0) is 12.5 Å². The van der Waals surface area contributed by atoms with Gasteiger partial charge in [0, 0.05) is 0 Å². The molecule has 0 aliphatic carbocycles. The van der Waals surface area contributed by atoms with Crippen LogP contribution in [-0.4, -0.2) is 11.9 Å². The number of carbonyl (C=O) groups excluding carboxylic acids is 2. The monoisotopic (exact) mass is 264 g/mol. The zero-order valence-electron chi connectivity index (χ0n) is 7.36. The van der Waals surface area contributed by atoms with Crippen LogP contribution in [0.15, 0.2) is 0 Å². The van der Waals surface area contributed by atoms with E-state index in [-0.39, 0.29) is 26.2 Å². The Hall–Kier alpha value is -0.770. The van der Waals surface area contributed by atoms with Gasteiger partial charge in [-0.3, -0.25) is 0 Å². The van der Waals surface area contributed by atoms with Gasteiger partial charge in [0.2, 0.25) is 0 Å². The molecule has 0 N–H and O–H groups in total. The summed E-state index contributed by atoms with van der Waals surface area (Å²) in [5.74, 6) is -1.53. The first-order valence-corrected chi connectivity index (χ1v) is 5.02. The van der Waals surface area contributed by atoms with Crippen molar-refractivity contribution in [3.63, 3.8) is 0 Å². The molecule has 0 saturated carbocycles. The van der Waals surface area contributed by atoms with Gasteiger partial charge in [0.1, 0.15) is 0 Å². The zero-order chi connectivity index (χ0) is 11.3. The summed E-state index contributed by atoms with van der Waals surface area (Å²) in [6.07, 6.45) is 0. The average Bonchev–Trinajstić information content (AvgIpc) is 2.47. The van der Waals surface area contributed by atoms with Gasteiger partial charge >= 0.3 is 11.9 Å². The third kappa shape index (κ3) is 1.34. The SMILES string of the molecule is Cc1c(Cl)c(Cl)c(Cl)c2c1C(=O)OC2=O. The molecule has 78 valence electrons. The molecule has 0 bridgehead atoms. The summed E-state index contributed by atoms with van der Waals surface area (Å²) in [5, 5.41) is 0.173. The Kier molecular flexibility index (Phi) is 2.41. The first kappa shape index (κ1) is 10.7. The van der Waals surface area contributed by atoms with E-state index < -0.39 is 11.9 Å². The number of esters is 2. The Labute approximate surface area is 99.9 Å². The lowest BCUT2D eigenvalue weighted by Crippen LogP contribution is -1.98. The Balaban J connectivity index is 2.92. The molecular weight excluding hydrogens is 262 g/mol. The van der Waals surface area contributed by atoms with Crippen molar-refractivity contribution in [2.45, 2.75) is 6.92 Å². The summed E-state index contributed by atoms with van der Waals surface area (Å²) < 4.78 is 4.42. The fourth-order valence-corrected chi connectivity index (χ4v) is 2.15. The molecule has 2 rings (SSSR count). The Morgan fingerprint density at radius 2 is 1.40 bits per heavy atom. The number of benzene rings is 1. The smallest absolute Gasteiger partial charge is 0.348 e. The van der Waals surface area contributed by atoms with Crippen LogP contribution in [0, 0.1) is 6.92 Å². The second-order valence-corrected chi connectivity index (χ2v) is 4.13. The molecule has 0 atom stereocenters. The van der Waals surface area contributed by atoms with Crippen molar-refractivity contribution in [1.29, 1.82) is 0 Å². The molecule has 1 aliphatic heterocycles. The summed E-state index contributed by atoms with van der Waals surface area (Å²) >= 11 is 17.4. The number of cyclic esters (lactones) is 2. The van der Waals surface area contributed by atoms with E-state index in [0.29, 0.717) is 5.56 Å². The van der Waals surface area contributed by atoms with Gasteiger partial charge in [0.25, 0.3) is 0 Å². The second kappa shape index (κ2) is 3.37. The average molecular weight is 265 g/mol. The highest BCUT2D eigenvalue weighted by molar-refractivity contribution is 6.50. The second-order valence-electron chi connectivity index (χ2n) is 2.99. The lowest BCUT2D eigenvalue weighted by molar-refractivity contribution is 0.0443. The first-order valence-electron chi connectivity index (χ1n) is 3.88. The van der Waals surface area contributed by atoms with E-state index >= 15 is 0 Å². The predicted molar refractivity (Wildman–Crippen MR) is 56.0 cm³/mol. The molecule has 15 heavy (non-hydrogen) atoms. The minimum Gasteiger partial charge on any atom is -0.386 e. The molecule has 0 unspecified atom stereocenters. The maximum absolute atomic E-state index is 11.3. The van der Waals surface area contributed by atoms with E-state index in [0.717, 1.165) is 0 Å². The van der Waals surface area contributed by atoms with Gasteiger partial charge in [0.05, 0.1) is 26.2 Å². The fraction of sp³-hybridized carbons (Fsp3) is 0.111. The van der Waals surface area contributed by atoms with Crippen molar-refractivity contribution in [2.24, 2.45) is 0 Å². The maximum atomic E-state index is 11.3.